The van der Waals surface area contributed by atoms with Gasteiger partial charge in [-0.05, 0) is 68.3 Å². The van der Waals surface area contributed by atoms with Crippen LogP contribution in [-0.4, -0.2) is 10.2 Å². The Labute approximate surface area is 115 Å². The third kappa shape index (κ3) is 2.92. The van der Waals surface area contributed by atoms with Crippen LogP contribution in [-0.2, 0) is 0 Å². The number of benzene rings is 2. The predicted molar refractivity (Wildman–Crippen MR) is 71.7 cm³/mol. The molecule has 88 valence electrons. The van der Waals surface area contributed by atoms with E-state index in [0.717, 1.165) is 0 Å². The van der Waals surface area contributed by atoms with Crippen molar-refractivity contribution >= 4 is 31.9 Å². The normalized spacial score (nSPS) is 10.2. The minimum atomic E-state index is 0.128. The van der Waals surface area contributed by atoms with Crippen LogP contribution in [0.4, 0.5) is 0 Å². The molecule has 17 heavy (non-hydrogen) atoms. The Morgan fingerprint density at radius 2 is 1.35 bits per heavy atom. The summed E-state index contributed by atoms with van der Waals surface area (Å²) in [6, 6.07) is 9.72. The van der Waals surface area contributed by atoms with Crippen molar-refractivity contribution < 1.29 is 14.9 Å². The number of hydrogen-bond acceptors (Lipinski definition) is 3. The van der Waals surface area contributed by atoms with Crippen molar-refractivity contribution in [2.45, 2.75) is 0 Å². The van der Waals surface area contributed by atoms with Gasteiger partial charge in [0.1, 0.15) is 23.0 Å². The van der Waals surface area contributed by atoms with E-state index in [1.165, 1.54) is 0 Å². The Hall–Kier alpha value is -1.20. The second kappa shape index (κ2) is 4.98. The molecular formula is C12H8Br2O3. The van der Waals surface area contributed by atoms with E-state index in [0.29, 0.717) is 20.4 Å². The van der Waals surface area contributed by atoms with Gasteiger partial charge >= 0.3 is 0 Å². The summed E-state index contributed by atoms with van der Waals surface area (Å²) in [7, 11) is 0. The van der Waals surface area contributed by atoms with E-state index in [-0.39, 0.29) is 11.5 Å². The first-order valence-corrected chi connectivity index (χ1v) is 6.30. The van der Waals surface area contributed by atoms with Gasteiger partial charge in [-0.3, -0.25) is 0 Å². The summed E-state index contributed by atoms with van der Waals surface area (Å²) in [5, 5.41) is 18.7. The number of phenolic OH excluding ortho intramolecular Hbond substituents is 2. The molecule has 0 heterocycles. The van der Waals surface area contributed by atoms with Crippen LogP contribution >= 0.6 is 31.9 Å². The molecule has 3 nitrogen and oxygen atoms in total. The number of hydrogen-bond donors (Lipinski definition) is 2. The van der Waals surface area contributed by atoms with Crippen LogP contribution in [0.25, 0.3) is 0 Å². The quantitative estimate of drug-likeness (QED) is 0.834. The SMILES string of the molecule is Oc1ccc(Oc2cc(Br)c(O)c(Br)c2)cc1. The molecule has 0 unspecified atom stereocenters. The summed E-state index contributed by atoms with van der Waals surface area (Å²) in [4.78, 5) is 0. The highest BCUT2D eigenvalue weighted by atomic mass is 79.9. The van der Waals surface area contributed by atoms with Crippen LogP contribution in [0.1, 0.15) is 0 Å². The molecule has 0 saturated heterocycles. The van der Waals surface area contributed by atoms with Gasteiger partial charge in [0.25, 0.3) is 0 Å². The molecule has 2 aromatic carbocycles. The van der Waals surface area contributed by atoms with E-state index in [1.54, 1.807) is 36.4 Å². The van der Waals surface area contributed by atoms with Gasteiger partial charge in [-0.15, -0.1) is 0 Å². The summed E-state index contributed by atoms with van der Waals surface area (Å²) in [6.07, 6.45) is 0. The van der Waals surface area contributed by atoms with E-state index in [2.05, 4.69) is 31.9 Å². The average Bonchev–Trinajstić information content (AvgIpc) is 2.29. The lowest BCUT2D eigenvalue weighted by Gasteiger charge is -2.08. The van der Waals surface area contributed by atoms with Crippen molar-refractivity contribution in [2.75, 3.05) is 0 Å². The van der Waals surface area contributed by atoms with E-state index in [4.69, 9.17) is 9.84 Å². The summed E-state index contributed by atoms with van der Waals surface area (Å²) < 4.78 is 6.65. The molecule has 0 aliphatic carbocycles. The molecule has 0 spiro atoms. The molecule has 5 heteroatoms. The average molecular weight is 360 g/mol. The Morgan fingerprint density at radius 3 is 1.88 bits per heavy atom. The molecule has 2 N–H and O–H groups in total. The van der Waals surface area contributed by atoms with Crippen LogP contribution in [0, 0.1) is 0 Å². The first-order valence-electron chi connectivity index (χ1n) is 4.71. The summed E-state index contributed by atoms with van der Waals surface area (Å²) in [6.45, 7) is 0. The van der Waals surface area contributed by atoms with E-state index in [1.807, 2.05) is 0 Å². The minimum Gasteiger partial charge on any atom is -0.508 e. The van der Waals surface area contributed by atoms with Crippen LogP contribution < -0.4 is 4.74 Å². The van der Waals surface area contributed by atoms with Gasteiger partial charge in [0.05, 0.1) is 8.95 Å². The largest absolute Gasteiger partial charge is 0.508 e. The minimum absolute atomic E-state index is 0.128. The summed E-state index contributed by atoms with van der Waals surface area (Å²) >= 11 is 6.44. The first-order chi connectivity index (χ1) is 8.06. The summed E-state index contributed by atoms with van der Waals surface area (Å²) in [5.74, 6) is 1.49. The number of halogens is 2. The van der Waals surface area contributed by atoms with Gasteiger partial charge < -0.3 is 14.9 Å². The van der Waals surface area contributed by atoms with Crippen LogP contribution in [0.5, 0.6) is 23.0 Å². The van der Waals surface area contributed by atoms with Gasteiger partial charge in [-0.25, -0.2) is 0 Å². The zero-order valence-electron chi connectivity index (χ0n) is 8.52. The molecule has 2 aromatic rings. The second-order valence-electron chi connectivity index (χ2n) is 3.33. The molecule has 0 atom stereocenters. The van der Waals surface area contributed by atoms with Gasteiger partial charge in [-0.1, -0.05) is 0 Å². The highest BCUT2D eigenvalue weighted by Crippen LogP contribution is 2.37. The van der Waals surface area contributed by atoms with Crippen LogP contribution in [0.15, 0.2) is 45.3 Å². The van der Waals surface area contributed by atoms with Gasteiger partial charge in [0, 0.05) is 0 Å². The number of rotatable bonds is 2. The number of ether oxygens (including phenoxy) is 1. The molecule has 2 rings (SSSR count). The van der Waals surface area contributed by atoms with E-state index in [9.17, 15) is 5.11 Å². The Balaban J connectivity index is 2.27. The lowest BCUT2D eigenvalue weighted by Crippen LogP contribution is -1.84. The molecule has 0 radical (unpaired) electrons. The maximum atomic E-state index is 9.55. The molecular weight excluding hydrogens is 352 g/mol. The molecule has 0 bridgehead atoms. The molecule has 0 saturated carbocycles. The number of aromatic hydroxyl groups is 2. The fourth-order valence-corrected chi connectivity index (χ4v) is 2.40. The zero-order valence-corrected chi connectivity index (χ0v) is 11.7. The Kier molecular flexibility index (Phi) is 3.59. The third-order valence-electron chi connectivity index (χ3n) is 2.06. The van der Waals surface area contributed by atoms with Gasteiger partial charge in [-0.2, -0.15) is 0 Å². The first kappa shape index (κ1) is 12.3. The van der Waals surface area contributed by atoms with Gasteiger partial charge in [0.15, 0.2) is 0 Å². The molecule has 0 fully saturated rings. The third-order valence-corrected chi connectivity index (χ3v) is 3.27. The Morgan fingerprint density at radius 1 is 0.824 bits per heavy atom. The highest BCUT2D eigenvalue weighted by molar-refractivity contribution is 9.11. The summed E-state index contributed by atoms with van der Waals surface area (Å²) in [5.41, 5.74) is 0. The molecule has 0 aliphatic heterocycles. The molecule has 0 aromatic heterocycles. The fourth-order valence-electron chi connectivity index (χ4n) is 1.25. The maximum Gasteiger partial charge on any atom is 0.144 e. The second-order valence-corrected chi connectivity index (χ2v) is 5.04. The van der Waals surface area contributed by atoms with Crippen molar-refractivity contribution in [1.82, 2.24) is 0 Å². The van der Waals surface area contributed by atoms with Crippen molar-refractivity contribution in [3.05, 3.63) is 45.3 Å². The van der Waals surface area contributed by atoms with Crippen molar-refractivity contribution in [3.8, 4) is 23.0 Å². The highest BCUT2D eigenvalue weighted by Gasteiger charge is 2.07. The van der Waals surface area contributed by atoms with Crippen LogP contribution in [0.3, 0.4) is 0 Å². The van der Waals surface area contributed by atoms with Crippen molar-refractivity contribution in [1.29, 1.82) is 0 Å². The smallest absolute Gasteiger partial charge is 0.144 e. The standard InChI is InChI=1S/C12H8Br2O3/c13-10-5-9(6-11(14)12(10)16)17-8-3-1-7(15)2-4-8/h1-6,15-16H. The maximum absolute atomic E-state index is 9.55. The van der Waals surface area contributed by atoms with Crippen molar-refractivity contribution in [2.24, 2.45) is 0 Å². The van der Waals surface area contributed by atoms with E-state index < -0.39 is 0 Å². The van der Waals surface area contributed by atoms with Gasteiger partial charge in [0.2, 0.25) is 0 Å². The Bertz CT molecular complexity index is 515. The monoisotopic (exact) mass is 358 g/mol. The fraction of sp³-hybridized carbons (Fsp3) is 0. The zero-order chi connectivity index (χ0) is 12.4. The van der Waals surface area contributed by atoms with Crippen LogP contribution in [0.2, 0.25) is 0 Å². The predicted octanol–water partition coefficient (Wildman–Crippen LogP) is 4.42. The molecule has 0 aliphatic rings. The van der Waals surface area contributed by atoms with Crippen molar-refractivity contribution in [3.63, 3.8) is 0 Å². The lowest BCUT2D eigenvalue weighted by molar-refractivity contribution is 0.455. The number of phenols is 2. The lowest BCUT2D eigenvalue weighted by atomic mass is 10.3. The van der Waals surface area contributed by atoms with E-state index >= 15 is 0 Å². The molecule has 0 amide bonds. The topological polar surface area (TPSA) is 49.7 Å².